The van der Waals surface area contributed by atoms with E-state index in [0.717, 1.165) is 16.8 Å². The van der Waals surface area contributed by atoms with E-state index in [0.29, 0.717) is 12.4 Å². The molecule has 2 aromatic carbocycles. The highest BCUT2D eigenvalue weighted by Crippen LogP contribution is 2.37. The molecule has 0 aliphatic carbocycles. The Hall–Kier alpha value is -2.13. The summed E-state index contributed by atoms with van der Waals surface area (Å²) >= 11 is 0. The SMILES string of the molecule is CCOC1c2ccccc2C(=N)N1c1ccccc1. The lowest BCUT2D eigenvalue weighted by molar-refractivity contribution is 0.0726. The lowest BCUT2D eigenvalue weighted by Crippen LogP contribution is -2.29. The van der Waals surface area contributed by atoms with Crippen LogP contribution in [0.25, 0.3) is 0 Å². The molecule has 0 radical (unpaired) electrons. The molecule has 1 N–H and O–H groups in total. The summed E-state index contributed by atoms with van der Waals surface area (Å²) in [7, 11) is 0. The van der Waals surface area contributed by atoms with Crippen molar-refractivity contribution in [3.05, 3.63) is 65.7 Å². The Morgan fingerprint density at radius 3 is 2.47 bits per heavy atom. The fourth-order valence-corrected chi connectivity index (χ4v) is 2.49. The summed E-state index contributed by atoms with van der Waals surface area (Å²) in [6, 6.07) is 17.9. The molecule has 3 rings (SSSR count). The normalized spacial score (nSPS) is 17.6. The van der Waals surface area contributed by atoms with Crippen LogP contribution in [0.3, 0.4) is 0 Å². The molecule has 0 bridgehead atoms. The summed E-state index contributed by atoms with van der Waals surface area (Å²) < 4.78 is 5.85. The molecule has 0 aromatic heterocycles. The molecule has 1 heterocycles. The molecule has 0 saturated heterocycles. The van der Waals surface area contributed by atoms with Crippen molar-refractivity contribution in [1.29, 1.82) is 5.41 Å². The van der Waals surface area contributed by atoms with E-state index >= 15 is 0 Å². The summed E-state index contributed by atoms with van der Waals surface area (Å²) in [5, 5.41) is 8.38. The number of fused-ring (bicyclic) bond motifs is 1. The Labute approximate surface area is 113 Å². The molecule has 0 amide bonds. The van der Waals surface area contributed by atoms with Gasteiger partial charge in [0.25, 0.3) is 0 Å². The highest BCUT2D eigenvalue weighted by Gasteiger charge is 2.35. The van der Waals surface area contributed by atoms with Gasteiger partial charge in [0.15, 0.2) is 6.23 Å². The first kappa shape index (κ1) is 11.9. The fraction of sp³-hybridized carbons (Fsp3) is 0.188. The van der Waals surface area contributed by atoms with Crippen LogP contribution in [-0.2, 0) is 4.74 Å². The van der Waals surface area contributed by atoms with Crippen LogP contribution in [0.5, 0.6) is 0 Å². The van der Waals surface area contributed by atoms with E-state index in [1.54, 1.807) is 0 Å². The molecule has 96 valence electrons. The van der Waals surface area contributed by atoms with Crippen molar-refractivity contribution >= 4 is 11.5 Å². The van der Waals surface area contributed by atoms with Gasteiger partial charge in [-0.1, -0.05) is 42.5 Å². The van der Waals surface area contributed by atoms with Gasteiger partial charge in [-0.3, -0.25) is 10.3 Å². The zero-order valence-corrected chi connectivity index (χ0v) is 10.8. The molecule has 19 heavy (non-hydrogen) atoms. The Morgan fingerprint density at radius 2 is 1.74 bits per heavy atom. The average Bonchev–Trinajstić information content (AvgIpc) is 2.74. The van der Waals surface area contributed by atoms with Crippen molar-refractivity contribution in [3.63, 3.8) is 0 Å². The molecule has 1 aliphatic heterocycles. The Balaban J connectivity index is 2.08. The maximum absolute atomic E-state index is 8.38. The minimum Gasteiger partial charge on any atom is -0.354 e. The van der Waals surface area contributed by atoms with Gasteiger partial charge in [-0.2, -0.15) is 0 Å². The maximum atomic E-state index is 8.38. The number of ether oxygens (including phenoxy) is 1. The minimum atomic E-state index is -0.198. The summed E-state index contributed by atoms with van der Waals surface area (Å²) in [6.07, 6.45) is -0.198. The topological polar surface area (TPSA) is 36.3 Å². The molecule has 3 nitrogen and oxygen atoms in total. The van der Waals surface area contributed by atoms with Gasteiger partial charge in [-0.25, -0.2) is 0 Å². The number of rotatable bonds is 3. The van der Waals surface area contributed by atoms with E-state index in [2.05, 4.69) is 0 Å². The Bertz CT molecular complexity index is 595. The van der Waals surface area contributed by atoms with Gasteiger partial charge >= 0.3 is 0 Å². The van der Waals surface area contributed by atoms with Crippen LogP contribution < -0.4 is 4.90 Å². The van der Waals surface area contributed by atoms with Gasteiger partial charge in [-0.15, -0.1) is 0 Å². The molecule has 3 heteroatoms. The second kappa shape index (κ2) is 4.86. The number of hydrogen-bond acceptors (Lipinski definition) is 2. The van der Waals surface area contributed by atoms with Crippen molar-refractivity contribution in [1.82, 2.24) is 0 Å². The van der Waals surface area contributed by atoms with Crippen LogP contribution in [-0.4, -0.2) is 12.4 Å². The van der Waals surface area contributed by atoms with Crippen molar-refractivity contribution in [2.75, 3.05) is 11.5 Å². The van der Waals surface area contributed by atoms with Gasteiger partial charge in [0, 0.05) is 23.4 Å². The van der Waals surface area contributed by atoms with E-state index < -0.39 is 0 Å². The Morgan fingerprint density at radius 1 is 1.05 bits per heavy atom. The molecule has 0 saturated carbocycles. The van der Waals surface area contributed by atoms with E-state index in [9.17, 15) is 0 Å². The third kappa shape index (κ3) is 1.92. The zero-order chi connectivity index (χ0) is 13.2. The molecule has 2 aromatic rings. The summed E-state index contributed by atoms with van der Waals surface area (Å²) in [5.74, 6) is 0.500. The monoisotopic (exact) mass is 252 g/mol. The Kier molecular flexibility index (Phi) is 3.05. The second-order valence-electron chi connectivity index (χ2n) is 4.45. The predicted molar refractivity (Wildman–Crippen MR) is 76.6 cm³/mol. The lowest BCUT2D eigenvalue weighted by Gasteiger charge is -2.26. The third-order valence-corrected chi connectivity index (χ3v) is 3.32. The van der Waals surface area contributed by atoms with Gasteiger partial charge in [0.2, 0.25) is 0 Å². The first-order valence-electron chi connectivity index (χ1n) is 6.46. The predicted octanol–water partition coefficient (Wildman–Crippen LogP) is 3.57. The smallest absolute Gasteiger partial charge is 0.162 e. The largest absolute Gasteiger partial charge is 0.354 e. The van der Waals surface area contributed by atoms with E-state index in [1.165, 1.54) is 0 Å². The first-order chi connectivity index (χ1) is 9.33. The molecular weight excluding hydrogens is 236 g/mol. The molecular formula is C16H16N2O. The standard InChI is InChI=1S/C16H16N2O/c1-2-19-16-14-11-7-6-10-13(14)15(17)18(16)12-8-4-3-5-9-12/h3-11,16-17H,2H2,1H3. The highest BCUT2D eigenvalue weighted by atomic mass is 16.5. The van der Waals surface area contributed by atoms with Crippen LogP contribution >= 0.6 is 0 Å². The quantitative estimate of drug-likeness (QED) is 0.906. The molecule has 1 atom stereocenters. The van der Waals surface area contributed by atoms with E-state index in [-0.39, 0.29) is 6.23 Å². The van der Waals surface area contributed by atoms with Crippen LogP contribution in [0.2, 0.25) is 0 Å². The summed E-state index contributed by atoms with van der Waals surface area (Å²) in [5.41, 5.74) is 3.00. The van der Waals surface area contributed by atoms with E-state index in [4.69, 9.17) is 10.1 Å². The van der Waals surface area contributed by atoms with Crippen molar-refractivity contribution in [2.45, 2.75) is 13.2 Å². The number of para-hydroxylation sites is 1. The third-order valence-electron chi connectivity index (χ3n) is 3.32. The van der Waals surface area contributed by atoms with Crippen molar-refractivity contribution in [3.8, 4) is 0 Å². The molecule has 1 aliphatic rings. The van der Waals surface area contributed by atoms with Gasteiger partial charge < -0.3 is 4.74 Å². The average molecular weight is 252 g/mol. The maximum Gasteiger partial charge on any atom is 0.162 e. The van der Waals surface area contributed by atoms with E-state index in [1.807, 2.05) is 66.4 Å². The van der Waals surface area contributed by atoms with Crippen LogP contribution in [0.1, 0.15) is 24.3 Å². The summed E-state index contributed by atoms with van der Waals surface area (Å²) in [4.78, 5) is 1.94. The fourth-order valence-electron chi connectivity index (χ4n) is 2.49. The number of anilines is 1. The van der Waals surface area contributed by atoms with Crippen molar-refractivity contribution in [2.24, 2.45) is 0 Å². The van der Waals surface area contributed by atoms with Crippen LogP contribution in [0.15, 0.2) is 54.6 Å². The van der Waals surface area contributed by atoms with Gasteiger partial charge in [0.1, 0.15) is 5.84 Å². The number of amidine groups is 1. The number of nitrogens with zero attached hydrogens (tertiary/aromatic N) is 1. The first-order valence-corrected chi connectivity index (χ1v) is 6.46. The second-order valence-corrected chi connectivity index (χ2v) is 4.45. The number of benzene rings is 2. The molecule has 0 spiro atoms. The van der Waals surface area contributed by atoms with Gasteiger partial charge in [0.05, 0.1) is 0 Å². The van der Waals surface area contributed by atoms with Crippen molar-refractivity contribution < 1.29 is 4.74 Å². The number of nitrogens with one attached hydrogen (secondary N) is 1. The minimum absolute atomic E-state index is 0.198. The highest BCUT2D eigenvalue weighted by molar-refractivity contribution is 6.12. The van der Waals surface area contributed by atoms with Crippen LogP contribution in [0, 0.1) is 5.41 Å². The molecule has 0 fully saturated rings. The molecule has 1 unspecified atom stereocenters. The lowest BCUT2D eigenvalue weighted by atomic mass is 10.1. The number of hydrogen-bond donors (Lipinski definition) is 1. The van der Waals surface area contributed by atoms with Gasteiger partial charge in [-0.05, 0) is 19.1 Å². The summed E-state index contributed by atoms with van der Waals surface area (Å²) in [6.45, 7) is 2.60. The van der Waals surface area contributed by atoms with Crippen LogP contribution in [0.4, 0.5) is 5.69 Å². The zero-order valence-electron chi connectivity index (χ0n) is 10.8.